The van der Waals surface area contributed by atoms with Crippen LogP contribution in [0.3, 0.4) is 0 Å². The molecule has 0 aliphatic rings. The average molecular weight is 311 g/mol. The van der Waals surface area contributed by atoms with Gasteiger partial charge in [0.1, 0.15) is 6.54 Å². The minimum absolute atomic E-state index is 0.170. The molecule has 0 bridgehead atoms. The molecule has 6 nitrogen and oxygen atoms in total. The quantitative estimate of drug-likeness (QED) is 0.544. The number of oxazole rings is 1. The number of fused-ring (bicyclic) bond motifs is 1. The number of hydrogen-bond donors (Lipinski definition) is 0. The van der Waals surface area contributed by atoms with Crippen molar-refractivity contribution in [3.8, 4) is 0 Å². The summed E-state index contributed by atoms with van der Waals surface area (Å²) < 4.78 is 10.8. The molecule has 0 aliphatic carbocycles. The molecule has 3 rings (SSSR count). The maximum absolute atomic E-state index is 12.4. The molecule has 0 unspecified atom stereocenters. The lowest BCUT2D eigenvalue weighted by Crippen LogP contribution is -2.20. The largest absolute Gasteiger partial charge is 0.468 e. The van der Waals surface area contributed by atoms with Crippen LogP contribution in [-0.2, 0) is 16.1 Å². The molecule has 0 saturated heterocycles. The Bertz CT molecular complexity index is 937. The molecule has 0 saturated carbocycles. The summed E-state index contributed by atoms with van der Waals surface area (Å²) in [6, 6.07) is 13.5. The van der Waals surface area contributed by atoms with Gasteiger partial charge in [-0.3, -0.25) is 14.2 Å². The van der Waals surface area contributed by atoms with E-state index in [0.29, 0.717) is 16.6 Å². The molecule has 23 heavy (non-hydrogen) atoms. The third-order valence-electron chi connectivity index (χ3n) is 3.48. The van der Waals surface area contributed by atoms with Crippen molar-refractivity contribution in [1.82, 2.24) is 4.57 Å². The fourth-order valence-electron chi connectivity index (χ4n) is 2.31. The molecular formula is C17H13NO5. The summed E-state index contributed by atoms with van der Waals surface area (Å²) in [7, 11) is 1.24. The van der Waals surface area contributed by atoms with Crippen LogP contribution in [0.4, 0.5) is 0 Å². The molecule has 0 atom stereocenters. The maximum Gasteiger partial charge on any atom is 0.420 e. The van der Waals surface area contributed by atoms with Crippen molar-refractivity contribution < 1.29 is 18.7 Å². The van der Waals surface area contributed by atoms with Gasteiger partial charge in [0.25, 0.3) is 0 Å². The van der Waals surface area contributed by atoms with Crippen LogP contribution in [0, 0.1) is 0 Å². The molecular weight excluding hydrogens is 298 g/mol. The molecule has 0 amide bonds. The smallest absolute Gasteiger partial charge is 0.420 e. The van der Waals surface area contributed by atoms with Gasteiger partial charge in [-0.05, 0) is 18.2 Å². The van der Waals surface area contributed by atoms with E-state index in [1.807, 2.05) is 6.07 Å². The Hall–Kier alpha value is -3.15. The molecule has 0 fully saturated rings. The van der Waals surface area contributed by atoms with Crippen molar-refractivity contribution in [3.63, 3.8) is 0 Å². The Morgan fingerprint density at radius 3 is 2.52 bits per heavy atom. The zero-order chi connectivity index (χ0) is 16.4. The predicted octanol–water partition coefficient (Wildman–Crippen LogP) is 2.00. The van der Waals surface area contributed by atoms with E-state index >= 15 is 0 Å². The molecule has 0 radical (unpaired) electrons. The molecule has 6 heteroatoms. The van der Waals surface area contributed by atoms with Crippen LogP contribution in [0.25, 0.3) is 11.1 Å². The summed E-state index contributed by atoms with van der Waals surface area (Å²) in [5.41, 5.74) is 1.64. The number of esters is 1. The predicted molar refractivity (Wildman–Crippen MR) is 82.4 cm³/mol. The Labute approximate surface area is 130 Å². The van der Waals surface area contributed by atoms with E-state index in [1.54, 1.807) is 36.4 Å². The Morgan fingerprint density at radius 1 is 1.09 bits per heavy atom. The van der Waals surface area contributed by atoms with Crippen molar-refractivity contribution in [2.75, 3.05) is 7.11 Å². The zero-order valence-corrected chi connectivity index (χ0v) is 12.3. The summed E-state index contributed by atoms with van der Waals surface area (Å²) in [6.45, 7) is -0.242. The first-order valence-electron chi connectivity index (χ1n) is 6.90. The van der Waals surface area contributed by atoms with Crippen LogP contribution in [-0.4, -0.2) is 23.4 Å². The fraction of sp³-hybridized carbons (Fsp3) is 0.118. The molecule has 116 valence electrons. The first-order chi connectivity index (χ1) is 11.1. The van der Waals surface area contributed by atoms with Crippen molar-refractivity contribution in [1.29, 1.82) is 0 Å². The number of ether oxygens (including phenoxy) is 1. The zero-order valence-electron chi connectivity index (χ0n) is 12.3. The molecule has 0 N–H and O–H groups in total. The Kier molecular flexibility index (Phi) is 3.80. The minimum atomic E-state index is -0.672. The minimum Gasteiger partial charge on any atom is -0.468 e. The van der Waals surface area contributed by atoms with Gasteiger partial charge >= 0.3 is 11.7 Å². The van der Waals surface area contributed by atoms with E-state index in [0.717, 1.165) is 4.57 Å². The first-order valence-corrected chi connectivity index (χ1v) is 6.90. The van der Waals surface area contributed by atoms with E-state index in [1.165, 1.54) is 13.2 Å². The van der Waals surface area contributed by atoms with Gasteiger partial charge in [0.15, 0.2) is 11.4 Å². The molecule has 3 aromatic rings. The van der Waals surface area contributed by atoms with E-state index in [2.05, 4.69) is 4.74 Å². The molecule has 1 aromatic heterocycles. The third kappa shape index (κ3) is 2.78. The van der Waals surface area contributed by atoms with Crippen molar-refractivity contribution in [2.24, 2.45) is 0 Å². The normalized spacial score (nSPS) is 10.7. The van der Waals surface area contributed by atoms with Crippen LogP contribution < -0.4 is 5.76 Å². The lowest BCUT2D eigenvalue weighted by molar-refractivity contribution is -0.141. The Balaban J connectivity index is 2.02. The highest BCUT2D eigenvalue weighted by molar-refractivity contribution is 6.10. The lowest BCUT2D eigenvalue weighted by atomic mass is 10.0. The second kappa shape index (κ2) is 5.92. The summed E-state index contributed by atoms with van der Waals surface area (Å²) >= 11 is 0. The maximum atomic E-state index is 12.4. The standard InChI is InChI=1S/C17H13NO5/c1-22-15(19)10-18-13-8-7-12(9-14(13)23-17(18)21)16(20)11-5-3-2-4-6-11/h2-9H,10H2,1H3. The highest BCUT2D eigenvalue weighted by Gasteiger charge is 2.16. The SMILES string of the molecule is COC(=O)Cn1c(=O)oc2cc(C(=O)c3ccccc3)ccc21. The highest BCUT2D eigenvalue weighted by atomic mass is 16.5. The lowest BCUT2D eigenvalue weighted by Gasteiger charge is -2.02. The van der Waals surface area contributed by atoms with E-state index in [-0.39, 0.29) is 17.9 Å². The van der Waals surface area contributed by atoms with Gasteiger partial charge in [-0.25, -0.2) is 4.79 Å². The number of hydrogen-bond acceptors (Lipinski definition) is 5. The average Bonchev–Trinajstić information content (AvgIpc) is 2.89. The molecule has 0 spiro atoms. The van der Waals surface area contributed by atoms with Crippen LogP contribution in [0.1, 0.15) is 15.9 Å². The number of ketones is 1. The number of carbonyl (C=O) groups is 2. The summed E-state index contributed by atoms with van der Waals surface area (Å²) in [5, 5.41) is 0. The van der Waals surface area contributed by atoms with E-state index in [9.17, 15) is 14.4 Å². The van der Waals surface area contributed by atoms with Gasteiger partial charge in [-0.15, -0.1) is 0 Å². The first kappa shape index (κ1) is 14.8. The molecule has 1 heterocycles. The van der Waals surface area contributed by atoms with Gasteiger partial charge < -0.3 is 9.15 Å². The van der Waals surface area contributed by atoms with Crippen LogP contribution in [0.15, 0.2) is 57.7 Å². The monoisotopic (exact) mass is 311 g/mol. The number of aromatic nitrogens is 1. The summed E-state index contributed by atoms with van der Waals surface area (Å²) in [6.07, 6.45) is 0. The van der Waals surface area contributed by atoms with Gasteiger partial charge in [0.05, 0.1) is 12.6 Å². The third-order valence-corrected chi connectivity index (χ3v) is 3.48. The second-order valence-corrected chi connectivity index (χ2v) is 4.91. The van der Waals surface area contributed by atoms with E-state index < -0.39 is 11.7 Å². The topological polar surface area (TPSA) is 78.5 Å². The van der Waals surface area contributed by atoms with Gasteiger partial charge in [0.2, 0.25) is 0 Å². The van der Waals surface area contributed by atoms with Crippen LogP contribution in [0.5, 0.6) is 0 Å². The number of methoxy groups -OCH3 is 1. The van der Waals surface area contributed by atoms with E-state index in [4.69, 9.17) is 4.42 Å². The summed E-state index contributed by atoms with van der Waals surface area (Å²) in [5.74, 6) is -1.40. The fourth-order valence-corrected chi connectivity index (χ4v) is 2.31. The number of benzene rings is 2. The van der Waals surface area contributed by atoms with Crippen molar-refractivity contribution in [2.45, 2.75) is 6.54 Å². The number of rotatable bonds is 4. The summed E-state index contributed by atoms with van der Waals surface area (Å²) in [4.78, 5) is 35.6. The molecule has 2 aromatic carbocycles. The highest BCUT2D eigenvalue weighted by Crippen LogP contribution is 2.18. The van der Waals surface area contributed by atoms with Gasteiger partial charge in [-0.2, -0.15) is 0 Å². The Morgan fingerprint density at radius 2 is 1.83 bits per heavy atom. The number of carbonyl (C=O) groups excluding carboxylic acids is 2. The van der Waals surface area contributed by atoms with Gasteiger partial charge in [-0.1, -0.05) is 30.3 Å². The number of nitrogens with zero attached hydrogens (tertiary/aromatic N) is 1. The van der Waals surface area contributed by atoms with Crippen molar-refractivity contribution in [3.05, 3.63) is 70.2 Å². The molecule has 0 aliphatic heterocycles. The van der Waals surface area contributed by atoms with Crippen LogP contribution in [0.2, 0.25) is 0 Å². The van der Waals surface area contributed by atoms with Gasteiger partial charge in [0, 0.05) is 11.1 Å². The van der Waals surface area contributed by atoms with Crippen LogP contribution >= 0.6 is 0 Å². The second-order valence-electron chi connectivity index (χ2n) is 4.91. The van der Waals surface area contributed by atoms with Crippen molar-refractivity contribution >= 4 is 22.9 Å².